The van der Waals surface area contributed by atoms with Crippen LogP contribution in [0.2, 0.25) is 0 Å². The van der Waals surface area contributed by atoms with Gasteiger partial charge in [-0.1, -0.05) is 0 Å². The third-order valence-corrected chi connectivity index (χ3v) is 0.970. The normalized spacial score (nSPS) is 9.09. The van der Waals surface area contributed by atoms with Crippen molar-refractivity contribution < 1.29 is 14.2 Å². The highest BCUT2D eigenvalue weighted by Crippen LogP contribution is 1.78. The van der Waals surface area contributed by atoms with Gasteiger partial charge in [0.2, 0.25) is 0 Å². The molecule has 11 heavy (non-hydrogen) atoms. The van der Waals surface area contributed by atoms with Crippen molar-refractivity contribution in [3.8, 4) is 6.26 Å². The molecule has 0 aromatic heterocycles. The zero-order chi connectivity index (χ0) is 8.36. The molecule has 0 heterocycles. The van der Waals surface area contributed by atoms with E-state index < -0.39 is 0 Å². The van der Waals surface area contributed by atoms with E-state index >= 15 is 0 Å². The van der Waals surface area contributed by atoms with Crippen LogP contribution in [0.5, 0.6) is 0 Å². The molecule has 0 aliphatic carbocycles. The van der Waals surface area contributed by atoms with E-state index in [9.17, 15) is 0 Å². The highest BCUT2D eigenvalue weighted by Gasteiger charge is 1.87. The maximum absolute atomic E-state index is 7.95. The zero-order valence-electron chi connectivity index (χ0n) is 6.71. The molecule has 64 valence electrons. The third-order valence-electron chi connectivity index (χ3n) is 0.970. The SMILES string of the molecule is CCOCCOCCOC#N. The second-order valence-electron chi connectivity index (χ2n) is 1.75. The van der Waals surface area contributed by atoms with E-state index in [4.69, 9.17) is 14.7 Å². The predicted octanol–water partition coefficient (Wildman–Crippen LogP) is 0.537. The third kappa shape index (κ3) is 9.21. The fourth-order valence-electron chi connectivity index (χ4n) is 0.510. The molecular weight excluding hydrogens is 146 g/mol. The molecule has 0 unspecified atom stereocenters. The molecule has 4 heteroatoms. The monoisotopic (exact) mass is 159 g/mol. The van der Waals surface area contributed by atoms with Gasteiger partial charge in [0.25, 0.3) is 6.26 Å². The summed E-state index contributed by atoms with van der Waals surface area (Å²) < 4.78 is 14.4. The van der Waals surface area contributed by atoms with Crippen molar-refractivity contribution in [1.29, 1.82) is 5.26 Å². The van der Waals surface area contributed by atoms with Gasteiger partial charge in [0.05, 0.1) is 19.8 Å². The summed E-state index contributed by atoms with van der Waals surface area (Å²) in [5.41, 5.74) is 0. The summed E-state index contributed by atoms with van der Waals surface area (Å²) in [6, 6.07) is 0. The smallest absolute Gasteiger partial charge is 0.286 e. The molecule has 0 aromatic rings. The molecule has 0 spiro atoms. The number of nitrogens with zero attached hydrogens (tertiary/aromatic N) is 1. The first kappa shape index (κ1) is 10.2. The topological polar surface area (TPSA) is 51.5 Å². The lowest BCUT2D eigenvalue weighted by Crippen LogP contribution is -2.07. The van der Waals surface area contributed by atoms with Gasteiger partial charge >= 0.3 is 0 Å². The molecule has 0 radical (unpaired) electrons. The van der Waals surface area contributed by atoms with E-state index in [1.165, 1.54) is 0 Å². The van der Waals surface area contributed by atoms with Crippen LogP contribution in [0.3, 0.4) is 0 Å². The van der Waals surface area contributed by atoms with Crippen LogP contribution in [-0.4, -0.2) is 33.0 Å². The highest BCUT2D eigenvalue weighted by atomic mass is 16.5. The summed E-state index contributed by atoms with van der Waals surface area (Å²) in [4.78, 5) is 0. The van der Waals surface area contributed by atoms with Crippen LogP contribution >= 0.6 is 0 Å². The van der Waals surface area contributed by atoms with Crippen molar-refractivity contribution in [1.82, 2.24) is 0 Å². The minimum absolute atomic E-state index is 0.322. The summed E-state index contributed by atoms with van der Waals surface area (Å²) in [6.45, 7) is 4.56. The number of hydrogen-bond acceptors (Lipinski definition) is 4. The van der Waals surface area contributed by atoms with E-state index in [0.717, 1.165) is 0 Å². The minimum Gasteiger partial charge on any atom is -0.425 e. The van der Waals surface area contributed by atoms with Crippen LogP contribution in [0.4, 0.5) is 0 Å². The molecule has 0 bridgehead atoms. The average molecular weight is 159 g/mol. The molecule has 0 fully saturated rings. The van der Waals surface area contributed by atoms with Gasteiger partial charge in [-0.25, -0.2) is 0 Å². The van der Waals surface area contributed by atoms with Crippen molar-refractivity contribution >= 4 is 0 Å². The van der Waals surface area contributed by atoms with E-state index in [2.05, 4.69) is 4.74 Å². The second kappa shape index (κ2) is 9.21. The first-order valence-corrected chi connectivity index (χ1v) is 3.58. The molecule has 0 aliphatic rings. The van der Waals surface area contributed by atoms with Crippen molar-refractivity contribution in [2.45, 2.75) is 6.92 Å². The molecule has 0 saturated heterocycles. The predicted molar refractivity (Wildman–Crippen MR) is 38.9 cm³/mol. The molecule has 0 aliphatic heterocycles. The molecule has 0 N–H and O–H groups in total. The zero-order valence-corrected chi connectivity index (χ0v) is 6.71. The Morgan fingerprint density at radius 3 is 2.36 bits per heavy atom. The molecule has 0 aromatic carbocycles. The Kier molecular flexibility index (Phi) is 8.55. The Morgan fingerprint density at radius 1 is 1.09 bits per heavy atom. The summed E-state index contributed by atoms with van der Waals surface area (Å²) in [7, 11) is 0. The molecule has 0 saturated carbocycles. The summed E-state index contributed by atoms with van der Waals surface area (Å²) in [6.07, 6.45) is 1.56. The minimum atomic E-state index is 0.322. The Labute approximate surface area is 66.7 Å². The first-order chi connectivity index (χ1) is 5.41. The Balaban J connectivity index is 2.75. The lowest BCUT2D eigenvalue weighted by Gasteiger charge is -2.01. The summed E-state index contributed by atoms with van der Waals surface area (Å²) >= 11 is 0. The van der Waals surface area contributed by atoms with E-state index in [1.54, 1.807) is 6.26 Å². The van der Waals surface area contributed by atoms with Crippen LogP contribution in [0.25, 0.3) is 0 Å². The van der Waals surface area contributed by atoms with Crippen molar-refractivity contribution in [2.24, 2.45) is 0 Å². The fraction of sp³-hybridized carbons (Fsp3) is 0.857. The maximum atomic E-state index is 7.95. The molecule has 0 amide bonds. The first-order valence-electron chi connectivity index (χ1n) is 3.58. The molecule has 0 rings (SSSR count). The van der Waals surface area contributed by atoms with Crippen LogP contribution in [-0.2, 0) is 14.2 Å². The number of hydrogen-bond donors (Lipinski definition) is 0. The molecule has 4 nitrogen and oxygen atoms in total. The number of ether oxygens (including phenoxy) is 3. The molecule has 0 atom stereocenters. The van der Waals surface area contributed by atoms with Gasteiger partial charge in [0.15, 0.2) is 0 Å². The van der Waals surface area contributed by atoms with Gasteiger partial charge in [-0.2, -0.15) is 5.26 Å². The molecular formula is C7H13NO3. The standard InChI is InChI=1S/C7H13NO3/c1-2-9-3-4-10-5-6-11-7-8/h2-6H2,1H3. The van der Waals surface area contributed by atoms with E-state index in [-0.39, 0.29) is 0 Å². The largest absolute Gasteiger partial charge is 0.425 e. The number of rotatable bonds is 7. The van der Waals surface area contributed by atoms with Crippen LogP contribution in [0.15, 0.2) is 0 Å². The number of nitriles is 1. The van der Waals surface area contributed by atoms with E-state index in [1.807, 2.05) is 6.92 Å². The Morgan fingerprint density at radius 2 is 1.73 bits per heavy atom. The second-order valence-corrected chi connectivity index (χ2v) is 1.75. The van der Waals surface area contributed by atoms with Crippen molar-refractivity contribution in [3.05, 3.63) is 0 Å². The quantitative estimate of drug-likeness (QED) is 0.402. The van der Waals surface area contributed by atoms with Gasteiger partial charge in [0, 0.05) is 6.61 Å². The van der Waals surface area contributed by atoms with Gasteiger partial charge in [-0.3, -0.25) is 0 Å². The van der Waals surface area contributed by atoms with Gasteiger partial charge in [0.1, 0.15) is 6.61 Å². The van der Waals surface area contributed by atoms with Gasteiger partial charge in [-0.05, 0) is 6.92 Å². The van der Waals surface area contributed by atoms with Crippen molar-refractivity contribution in [2.75, 3.05) is 33.0 Å². The lowest BCUT2D eigenvalue weighted by atomic mass is 10.7. The van der Waals surface area contributed by atoms with E-state index in [0.29, 0.717) is 33.0 Å². The van der Waals surface area contributed by atoms with Gasteiger partial charge in [-0.15, -0.1) is 0 Å². The van der Waals surface area contributed by atoms with Crippen LogP contribution in [0, 0.1) is 11.5 Å². The lowest BCUT2D eigenvalue weighted by molar-refractivity contribution is 0.0362. The fourth-order valence-corrected chi connectivity index (χ4v) is 0.510. The average Bonchev–Trinajstić information content (AvgIpc) is 2.03. The van der Waals surface area contributed by atoms with Crippen LogP contribution in [0.1, 0.15) is 6.92 Å². The summed E-state index contributed by atoms with van der Waals surface area (Å²) in [5.74, 6) is 0. The summed E-state index contributed by atoms with van der Waals surface area (Å²) in [5, 5.41) is 7.95. The van der Waals surface area contributed by atoms with Crippen molar-refractivity contribution in [3.63, 3.8) is 0 Å². The highest BCUT2D eigenvalue weighted by molar-refractivity contribution is 4.46. The maximum Gasteiger partial charge on any atom is 0.286 e. The Bertz CT molecular complexity index is 111. The van der Waals surface area contributed by atoms with Gasteiger partial charge < -0.3 is 14.2 Å². The van der Waals surface area contributed by atoms with Crippen LogP contribution < -0.4 is 0 Å². The Hall–Kier alpha value is -0.790.